The van der Waals surface area contributed by atoms with Crippen LogP contribution >= 0.6 is 0 Å². The number of imidazole rings is 1. The molecule has 10 nitrogen and oxygen atoms in total. The fraction of sp³-hybridized carbons (Fsp3) is 0.321. The molecule has 0 radical (unpaired) electrons. The quantitative estimate of drug-likeness (QED) is 0.289. The first-order valence-corrected chi connectivity index (χ1v) is 12.5. The van der Waals surface area contributed by atoms with Gasteiger partial charge in [-0.25, -0.2) is 9.97 Å². The zero-order chi connectivity index (χ0) is 27.6. The third-order valence-corrected chi connectivity index (χ3v) is 5.73. The molecule has 0 saturated carbocycles. The minimum atomic E-state index is -0.618. The average Bonchev–Trinajstić information content (AvgIpc) is 3.37. The number of carbonyl (C=O) groups excluding carboxylic acids is 3. The Morgan fingerprint density at radius 2 is 1.55 bits per heavy atom. The molecular formula is C28H31N5O5. The van der Waals surface area contributed by atoms with Gasteiger partial charge in [-0.15, -0.1) is 5.06 Å². The van der Waals surface area contributed by atoms with Gasteiger partial charge in [0.15, 0.2) is 5.82 Å². The highest BCUT2D eigenvalue weighted by atomic mass is 16.7. The van der Waals surface area contributed by atoms with Crippen LogP contribution in [0.5, 0.6) is 0 Å². The first-order chi connectivity index (χ1) is 18.1. The number of anilines is 1. The van der Waals surface area contributed by atoms with Crippen molar-refractivity contribution in [2.75, 3.05) is 5.73 Å². The van der Waals surface area contributed by atoms with E-state index in [2.05, 4.69) is 9.97 Å². The number of hydrogen-bond donors (Lipinski definition) is 1. The molecule has 3 heterocycles. The van der Waals surface area contributed by atoms with E-state index >= 15 is 0 Å². The fourth-order valence-corrected chi connectivity index (χ4v) is 4.26. The molecule has 1 aliphatic heterocycles. The van der Waals surface area contributed by atoms with E-state index < -0.39 is 17.4 Å². The summed E-state index contributed by atoms with van der Waals surface area (Å²) in [7, 11) is 0. The molecule has 0 unspecified atom stereocenters. The monoisotopic (exact) mass is 517 g/mol. The van der Waals surface area contributed by atoms with Crippen LogP contribution in [0.15, 0.2) is 48.5 Å². The summed E-state index contributed by atoms with van der Waals surface area (Å²) in [5.41, 5.74) is 7.96. The lowest BCUT2D eigenvalue weighted by molar-refractivity contribution is -0.155. The second kappa shape index (κ2) is 10.6. The van der Waals surface area contributed by atoms with E-state index in [1.165, 1.54) is 0 Å². The van der Waals surface area contributed by atoms with Crippen molar-refractivity contribution in [2.24, 2.45) is 0 Å². The Labute approximate surface area is 220 Å². The first kappa shape index (κ1) is 26.7. The van der Waals surface area contributed by atoms with Crippen LogP contribution in [0.2, 0.25) is 0 Å². The SMILES string of the molecule is CC.CC(C)(C)OC(=O)CCn1c(CON2C(=O)c3ccccc3C2=O)nc2c(N)nc3ccccc3c21. The van der Waals surface area contributed by atoms with Crippen molar-refractivity contribution in [1.29, 1.82) is 0 Å². The molecule has 38 heavy (non-hydrogen) atoms. The van der Waals surface area contributed by atoms with Gasteiger partial charge in [-0.2, -0.15) is 0 Å². The standard InChI is InChI=1S/C26H25N5O5.C2H6/c1-26(2,3)36-20(32)12-13-30-19(14-35-31-24(33)15-8-4-5-9-16(15)25(31)34)29-21-22(30)17-10-6-7-11-18(17)28-23(21)27;1-2/h4-11H,12-14H2,1-3H3,(H2,27,28);1-2H3. The maximum atomic E-state index is 12.7. The van der Waals surface area contributed by atoms with Crippen molar-refractivity contribution >= 4 is 45.5 Å². The van der Waals surface area contributed by atoms with Crippen molar-refractivity contribution in [2.45, 2.75) is 59.8 Å². The van der Waals surface area contributed by atoms with Gasteiger partial charge in [-0.3, -0.25) is 19.2 Å². The number of carbonyl (C=O) groups is 3. The lowest BCUT2D eigenvalue weighted by Crippen LogP contribution is -2.30. The van der Waals surface area contributed by atoms with Crippen LogP contribution in [0.1, 0.15) is 67.6 Å². The van der Waals surface area contributed by atoms with Crippen LogP contribution in [0.25, 0.3) is 21.9 Å². The highest BCUT2D eigenvalue weighted by Crippen LogP contribution is 2.30. The Bertz CT molecular complexity index is 1500. The molecule has 2 N–H and O–H groups in total. The molecule has 4 aromatic rings. The number of pyridine rings is 1. The van der Waals surface area contributed by atoms with Crippen LogP contribution in [-0.2, 0) is 27.5 Å². The molecule has 0 bridgehead atoms. The summed E-state index contributed by atoms with van der Waals surface area (Å²) in [4.78, 5) is 52.7. The molecular weight excluding hydrogens is 486 g/mol. The molecule has 0 fully saturated rings. The highest BCUT2D eigenvalue weighted by molar-refractivity contribution is 6.20. The number of amides is 2. The van der Waals surface area contributed by atoms with Crippen molar-refractivity contribution in [1.82, 2.24) is 19.6 Å². The number of nitrogen functional groups attached to an aromatic ring is 1. The van der Waals surface area contributed by atoms with Crippen LogP contribution < -0.4 is 5.73 Å². The summed E-state index contributed by atoms with van der Waals surface area (Å²) in [5.74, 6) is -0.850. The molecule has 0 spiro atoms. The third kappa shape index (κ3) is 5.08. The number of nitrogens with two attached hydrogens (primary N) is 1. The van der Waals surface area contributed by atoms with Gasteiger partial charge in [0.25, 0.3) is 11.8 Å². The summed E-state index contributed by atoms with van der Waals surface area (Å²) < 4.78 is 7.27. The Morgan fingerprint density at radius 1 is 0.947 bits per heavy atom. The van der Waals surface area contributed by atoms with Gasteiger partial charge in [0, 0.05) is 11.9 Å². The van der Waals surface area contributed by atoms with Crippen molar-refractivity contribution in [3.05, 3.63) is 65.5 Å². The molecule has 198 valence electrons. The Hall–Kier alpha value is -4.31. The van der Waals surface area contributed by atoms with Crippen molar-refractivity contribution in [3.63, 3.8) is 0 Å². The number of benzene rings is 2. The summed E-state index contributed by atoms with van der Waals surface area (Å²) in [6.07, 6.45) is 0.0688. The van der Waals surface area contributed by atoms with E-state index in [1.54, 1.807) is 49.6 Å². The fourth-order valence-electron chi connectivity index (χ4n) is 4.26. The van der Waals surface area contributed by atoms with Crippen molar-refractivity contribution in [3.8, 4) is 0 Å². The third-order valence-electron chi connectivity index (χ3n) is 5.73. The topological polar surface area (TPSA) is 130 Å². The smallest absolute Gasteiger partial charge is 0.308 e. The summed E-state index contributed by atoms with van der Waals surface area (Å²) in [6.45, 7) is 9.43. The lowest BCUT2D eigenvalue weighted by atomic mass is 10.1. The van der Waals surface area contributed by atoms with Crippen molar-refractivity contribution < 1.29 is 24.0 Å². The van der Waals surface area contributed by atoms with E-state index in [0.717, 1.165) is 10.4 Å². The predicted molar refractivity (Wildman–Crippen MR) is 143 cm³/mol. The van der Waals surface area contributed by atoms with Crippen LogP contribution in [0, 0.1) is 0 Å². The van der Waals surface area contributed by atoms with E-state index in [1.807, 2.05) is 38.1 Å². The molecule has 0 atom stereocenters. The van der Waals surface area contributed by atoms with E-state index in [0.29, 0.717) is 22.4 Å². The Balaban J connectivity index is 0.00000164. The van der Waals surface area contributed by atoms with Gasteiger partial charge in [0.05, 0.1) is 28.6 Å². The maximum Gasteiger partial charge on any atom is 0.308 e. The van der Waals surface area contributed by atoms with E-state index in [9.17, 15) is 14.4 Å². The number of ether oxygens (including phenoxy) is 1. The van der Waals surface area contributed by atoms with Crippen LogP contribution in [0.4, 0.5) is 5.82 Å². The number of imide groups is 1. The van der Waals surface area contributed by atoms with Gasteiger partial charge in [-0.05, 0) is 39.0 Å². The minimum Gasteiger partial charge on any atom is -0.460 e. The number of aromatic nitrogens is 3. The highest BCUT2D eigenvalue weighted by Gasteiger charge is 2.37. The summed E-state index contributed by atoms with van der Waals surface area (Å²) >= 11 is 0. The molecule has 1 aliphatic rings. The first-order valence-electron chi connectivity index (χ1n) is 12.5. The van der Waals surface area contributed by atoms with Gasteiger partial charge < -0.3 is 15.0 Å². The number of rotatable bonds is 6. The lowest BCUT2D eigenvalue weighted by Gasteiger charge is -2.20. The zero-order valence-electron chi connectivity index (χ0n) is 22.1. The van der Waals surface area contributed by atoms with Gasteiger partial charge >= 0.3 is 5.97 Å². The molecule has 5 rings (SSSR count). The molecule has 2 aromatic carbocycles. The minimum absolute atomic E-state index is 0.0688. The average molecular weight is 518 g/mol. The second-order valence-corrected chi connectivity index (χ2v) is 9.45. The molecule has 2 aromatic heterocycles. The van der Waals surface area contributed by atoms with Crippen LogP contribution in [-0.4, -0.2) is 43.0 Å². The second-order valence-electron chi connectivity index (χ2n) is 9.45. The number of hydrogen-bond acceptors (Lipinski definition) is 8. The molecule has 0 saturated heterocycles. The number of fused-ring (bicyclic) bond motifs is 4. The number of esters is 1. The number of hydroxylamine groups is 2. The number of aryl methyl sites for hydroxylation is 1. The zero-order valence-corrected chi connectivity index (χ0v) is 22.1. The van der Waals surface area contributed by atoms with E-state index in [4.69, 9.17) is 15.3 Å². The van der Waals surface area contributed by atoms with Gasteiger partial charge in [-0.1, -0.05) is 44.2 Å². The van der Waals surface area contributed by atoms with Gasteiger partial charge in [0.1, 0.15) is 23.5 Å². The summed E-state index contributed by atoms with van der Waals surface area (Å²) in [6, 6.07) is 14.0. The number of nitrogens with zero attached hydrogens (tertiary/aromatic N) is 4. The molecule has 0 aliphatic carbocycles. The Kier molecular flexibility index (Phi) is 7.45. The molecule has 10 heteroatoms. The normalized spacial score (nSPS) is 13.0. The maximum absolute atomic E-state index is 12.7. The van der Waals surface area contributed by atoms with E-state index in [-0.39, 0.29) is 42.5 Å². The predicted octanol–water partition coefficient (Wildman–Crippen LogP) is 4.65. The largest absolute Gasteiger partial charge is 0.460 e. The summed E-state index contributed by atoms with van der Waals surface area (Å²) in [5, 5.41) is 1.53. The Morgan fingerprint density at radius 3 is 2.18 bits per heavy atom. The molecule has 2 amide bonds. The van der Waals surface area contributed by atoms with Crippen LogP contribution in [0.3, 0.4) is 0 Å². The number of para-hydroxylation sites is 1. The van der Waals surface area contributed by atoms with Gasteiger partial charge in [0.2, 0.25) is 0 Å².